The zero-order chi connectivity index (χ0) is 19.8. The first kappa shape index (κ1) is 21.5. The van der Waals surface area contributed by atoms with Gasteiger partial charge in [-0.15, -0.1) is 0 Å². The average molecular weight is 392 g/mol. The summed E-state index contributed by atoms with van der Waals surface area (Å²) >= 11 is 0. The van der Waals surface area contributed by atoms with Crippen molar-refractivity contribution in [3.8, 4) is 5.75 Å². The van der Waals surface area contributed by atoms with Gasteiger partial charge in [0.15, 0.2) is 0 Å². The summed E-state index contributed by atoms with van der Waals surface area (Å²) in [6.07, 6.45) is 1.31. The van der Waals surface area contributed by atoms with Gasteiger partial charge in [-0.3, -0.25) is 9.80 Å². The van der Waals surface area contributed by atoms with Crippen molar-refractivity contribution in [2.24, 2.45) is 5.92 Å². The number of benzene rings is 1. The Bertz CT molecular complexity index is 570. The Morgan fingerprint density at radius 2 is 1.68 bits per heavy atom. The number of nitrogens with zero attached hydrogens (tertiary/aromatic N) is 3. The smallest absolute Gasteiger partial charge is 0.123 e. The number of rotatable bonds is 9. The molecule has 1 aromatic rings. The summed E-state index contributed by atoms with van der Waals surface area (Å²) in [5.41, 5.74) is 1.24. The molecule has 1 atom stereocenters. The molecule has 0 saturated carbocycles. The molecule has 2 fully saturated rings. The van der Waals surface area contributed by atoms with Crippen LogP contribution in [-0.2, 0) is 6.54 Å². The molecule has 2 aliphatic rings. The molecule has 6 heteroatoms. The molecule has 2 N–H and O–H groups in total. The van der Waals surface area contributed by atoms with Crippen LogP contribution in [0.3, 0.4) is 0 Å². The van der Waals surface area contributed by atoms with Gasteiger partial charge in [0.25, 0.3) is 0 Å². The van der Waals surface area contributed by atoms with E-state index in [4.69, 9.17) is 9.84 Å². The van der Waals surface area contributed by atoms with E-state index in [-0.39, 0.29) is 12.5 Å². The number of likely N-dealkylation sites (N-methyl/N-ethyl adjacent to an activating group) is 1. The number of likely N-dealkylation sites (tertiary alicyclic amines) is 1. The zero-order valence-corrected chi connectivity index (χ0v) is 17.3. The van der Waals surface area contributed by atoms with Gasteiger partial charge in [-0.05, 0) is 44.5 Å². The lowest BCUT2D eigenvalue weighted by Gasteiger charge is -2.34. The Kier molecular flexibility index (Phi) is 8.55. The third kappa shape index (κ3) is 6.16. The second-order valence-corrected chi connectivity index (χ2v) is 8.10. The molecule has 0 aromatic heterocycles. The number of aliphatic hydroxyl groups is 2. The molecular formula is C22H37N3O3. The maximum atomic E-state index is 9.84. The second-order valence-electron chi connectivity index (χ2n) is 8.10. The van der Waals surface area contributed by atoms with Crippen molar-refractivity contribution >= 4 is 0 Å². The monoisotopic (exact) mass is 391 g/mol. The van der Waals surface area contributed by atoms with Crippen molar-refractivity contribution in [3.63, 3.8) is 0 Å². The molecule has 3 rings (SSSR count). The van der Waals surface area contributed by atoms with Gasteiger partial charge in [0.05, 0.1) is 12.7 Å². The molecule has 0 spiro atoms. The van der Waals surface area contributed by atoms with Crippen LogP contribution >= 0.6 is 0 Å². The van der Waals surface area contributed by atoms with Crippen LogP contribution in [0.25, 0.3) is 0 Å². The van der Waals surface area contributed by atoms with Crippen LogP contribution in [0.4, 0.5) is 0 Å². The Labute approximate surface area is 169 Å². The SMILES string of the molecule is CCN1CCN(CCOc2ccccc2CN2CCC(C(O)CO)CC2)CC1. The van der Waals surface area contributed by atoms with Gasteiger partial charge >= 0.3 is 0 Å². The normalized spacial score (nSPS) is 21.7. The fourth-order valence-corrected chi connectivity index (χ4v) is 4.27. The first-order chi connectivity index (χ1) is 13.7. The number of hydrogen-bond acceptors (Lipinski definition) is 6. The van der Waals surface area contributed by atoms with Gasteiger partial charge in [0.2, 0.25) is 0 Å². The van der Waals surface area contributed by atoms with Crippen LogP contribution in [0.15, 0.2) is 24.3 Å². The van der Waals surface area contributed by atoms with E-state index in [9.17, 15) is 5.11 Å². The minimum atomic E-state index is -0.572. The summed E-state index contributed by atoms with van der Waals surface area (Å²) in [5, 5.41) is 19.0. The van der Waals surface area contributed by atoms with Gasteiger partial charge in [0, 0.05) is 44.8 Å². The summed E-state index contributed by atoms with van der Waals surface area (Å²) < 4.78 is 6.16. The molecule has 2 aliphatic heterocycles. The van der Waals surface area contributed by atoms with Gasteiger partial charge < -0.3 is 19.8 Å². The molecule has 0 radical (unpaired) electrons. The van der Waals surface area contributed by atoms with Gasteiger partial charge in [0.1, 0.15) is 12.4 Å². The summed E-state index contributed by atoms with van der Waals surface area (Å²) in [5.74, 6) is 1.22. The summed E-state index contributed by atoms with van der Waals surface area (Å²) in [7, 11) is 0. The number of piperazine rings is 1. The summed E-state index contributed by atoms with van der Waals surface area (Å²) in [4.78, 5) is 7.41. The molecule has 0 amide bonds. The molecular weight excluding hydrogens is 354 g/mol. The van der Waals surface area contributed by atoms with Crippen molar-refractivity contribution in [2.45, 2.75) is 32.4 Å². The Morgan fingerprint density at radius 1 is 1.00 bits per heavy atom. The van der Waals surface area contributed by atoms with Crippen molar-refractivity contribution in [2.75, 3.05) is 65.6 Å². The van der Waals surface area contributed by atoms with Crippen LogP contribution in [0.5, 0.6) is 5.75 Å². The van der Waals surface area contributed by atoms with Crippen molar-refractivity contribution in [3.05, 3.63) is 29.8 Å². The highest BCUT2D eigenvalue weighted by Gasteiger charge is 2.25. The van der Waals surface area contributed by atoms with Crippen LogP contribution < -0.4 is 4.74 Å². The minimum Gasteiger partial charge on any atom is -0.492 e. The van der Waals surface area contributed by atoms with Crippen molar-refractivity contribution in [1.29, 1.82) is 0 Å². The highest BCUT2D eigenvalue weighted by molar-refractivity contribution is 5.33. The number of piperidine rings is 1. The topological polar surface area (TPSA) is 59.4 Å². The van der Waals surface area contributed by atoms with Gasteiger partial charge in [-0.1, -0.05) is 25.1 Å². The molecule has 0 bridgehead atoms. The van der Waals surface area contributed by atoms with E-state index in [0.717, 1.165) is 84.1 Å². The largest absolute Gasteiger partial charge is 0.492 e. The van der Waals surface area contributed by atoms with Crippen LogP contribution in [0, 0.1) is 5.92 Å². The maximum absolute atomic E-state index is 9.84. The Hall–Kier alpha value is -1.18. The van der Waals surface area contributed by atoms with Gasteiger partial charge in [-0.2, -0.15) is 0 Å². The molecule has 1 aromatic carbocycles. The number of hydrogen-bond donors (Lipinski definition) is 2. The fraction of sp³-hybridized carbons (Fsp3) is 0.727. The second kappa shape index (κ2) is 11.1. The Morgan fingerprint density at radius 3 is 2.36 bits per heavy atom. The van der Waals surface area contributed by atoms with E-state index < -0.39 is 6.10 Å². The maximum Gasteiger partial charge on any atom is 0.123 e. The molecule has 158 valence electrons. The number of ether oxygens (including phenoxy) is 1. The quantitative estimate of drug-likeness (QED) is 0.661. The predicted molar refractivity (Wildman–Crippen MR) is 112 cm³/mol. The first-order valence-electron chi connectivity index (χ1n) is 10.9. The third-order valence-corrected chi connectivity index (χ3v) is 6.31. The predicted octanol–water partition coefficient (Wildman–Crippen LogP) is 1.27. The van der Waals surface area contributed by atoms with Gasteiger partial charge in [-0.25, -0.2) is 0 Å². The lowest BCUT2D eigenvalue weighted by Crippen LogP contribution is -2.47. The van der Waals surface area contributed by atoms with E-state index in [1.165, 1.54) is 5.56 Å². The van der Waals surface area contributed by atoms with E-state index in [1.807, 2.05) is 6.07 Å². The average Bonchev–Trinajstić information content (AvgIpc) is 2.75. The number of para-hydroxylation sites is 1. The van der Waals surface area contributed by atoms with Crippen LogP contribution in [0.1, 0.15) is 25.3 Å². The van der Waals surface area contributed by atoms with E-state index in [0.29, 0.717) is 0 Å². The third-order valence-electron chi connectivity index (χ3n) is 6.31. The van der Waals surface area contributed by atoms with Crippen molar-refractivity contribution in [1.82, 2.24) is 14.7 Å². The number of aliphatic hydroxyl groups excluding tert-OH is 2. The standard InChI is InChI=1S/C22H37N3O3/c1-2-23-11-13-24(14-12-23)15-16-28-22-6-4-3-5-20(22)17-25-9-7-19(8-10-25)21(27)18-26/h3-6,19,21,26-27H,2,7-18H2,1H3. The summed E-state index contributed by atoms with van der Waals surface area (Å²) in [6.45, 7) is 12.3. The van der Waals surface area contributed by atoms with E-state index in [1.54, 1.807) is 0 Å². The molecule has 0 aliphatic carbocycles. The van der Waals surface area contributed by atoms with Crippen LogP contribution in [0.2, 0.25) is 0 Å². The molecule has 1 unspecified atom stereocenters. The van der Waals surface area contributed by atoms with E-state index in [2.05, 4.69) is 39.8 Å². The molecule has 28 heavy (non-hydrogen) atoms. The van der Waals surface area contributed by atoms with Crippen molar-refractivity contribution < 1.29 is 14.9 Å². The Balaban J connectivity index is 1.43. The highest BCUT2D eigenvalue weighted by atomic mass is 16.5. The fourth-order valence-electron chi connectivity index (χ4n) is 4.27. The lowest BCUT2D eigenvalue weighted by atomic mass is 9.91. The zero-order valence-electron chi connectivity index (χ0n) is 17.3. The minimum absolute atomic E-state index is 0.130. The molecule has 2 saturated heterocycles. The lowest BCUT2D eigenvalue weighted by molar-refractivity contribution is 0.0170. The molecule has 6 nitrogen and oxygen atoms in total. The first-order valence-corrected chi connectivity index (χ1v) is 10.9. The highest BCUT2D eigenvalue weighted by Crippen LogP contribution is 2.25. The van der Waals surface area contributed by atoms with E-state index >= 15 is 0 Å². The summed E-state index contributed by atoms with van der Waals surface area (Å²) in [6, 6.07) is 8.35. The van der Waals surface area contributed by atoms with Crippen LogP contribution in [-0.4, -0.2) is 96.6 Å². The molecule has 2 heterocycles.